The van der Waals surface area contributed by atoms with E-state index in [0.717, 1.165) is 32.5 Å². The normalized spacial score (nSPS) is 20.5. The first kappa shape index (κ1) is 12.7. The van der Waals surface area contributed by atoms with E-state index in [1.54, 1.807) is 4.68 Å². The molecule has 0 unspecified atom stereocenters. The Labute approximate surface area is 114 Å². The van der Waals surface area contributed by atoms with Crippen LogP contribution in [0.5, 0.6) is 0 Å². The molecular weight excluding hydrogens is 240 g/mol. The molecule has 104 valence electrons. The predicted octanol–water partition coefficient (Wildman–Crippen LogP) is 1.02. The first-order valence-electron chi connectivity index (χ1n) is 7.25. The zero-order valence-corrected chi connectivity index (χ0v) is 11.5. The maximum atomic E-state index is 12.5. The van der Waals surface area contributed by atoms with Gasteiger partial charge in [0.25, 0.3) is 5.91 Å². The Morgan fingerprint density at radius 1 is 1.42 bits per heavy atom. The molecule has 0 bridgehead atoms. The lowest BCUT2D eigenvalue weighted by atomic mass is 9.97. The molecular formula is C14H22N4O. The van der Waals surface area contributed by atoms with Gasteiger partial charge in [-0.25, -0.2) is 0 Å². The van der Waals surface area contributed by atoms with Gasteiger partial charge in [0.2, 0.25) is 0 Å². The van der Waals surface area contributed by atoms with Crippen molar-refractivity contribution in [1.29, 1.82) is 0 Å². The third kappa shape index (κ3) is 2.97. The number of nitrogens with one attached hydrogen (secondary N) is 1. The number of carbonyl (C=O) groups is 1. The molecule has 1 aromatic heterocycles. The molecule has 1 saturated carbocycles. The van der Waals surface area contributed by atoms with Gasteiger partial charge in [-0.3, -0.25) is 9.48 Å². The van der Waals surface area contributed by atoms with Crippen LogP contribution in [0, 0.1) is 5.92 Å². The van der Waals surface area contributed by atoms with E-state index in [9.17, 15) is 4.79 Å². The number of rotatable bonds is 4. The van der Waals surface area contributed by atoms with Crippen molar-refractivity contribution >= 4 is 5.91 Å². The molecule has 1 saturated heterocycles. The first-order chi connectivity index (χ1) is 9.24. The SMILES string of the molecule is Cn1ccc(C(=O)N(CC2CCNCC2)C2CC2)n1. The molecule has 2 aliphatic rings. The number of hydrogen-bond acceptors (Lipinski definition) is 3. The fourth-order valence-electron chi connectivity index (χ4n) is 2.80. The van der Waals surface area contributed by atoms with Crippen molar-refractivity contribution in [3.05, 3.63) is 18.0 Å². The highest BCUT2D eigenvalue weighted by molar-refractivity contribution is 5.92. The monoisotopic (exact) mass is 262 g/mol. The fraction of sp³-hybridized carbons (Fsp3) is 0.714. The maximum Gasteiger partial charge on any atom is 0.274 e. The van der Waals surface area contributed by atoms with Gasteiger partial charge in [0, 0.05) is 25.8 Å². The van der Waals surface area contributed by atoms with Crippen LogP contribution in [0.15, 0.2) is 12.3 Å². The summed E-state index contributed by atoms with van der Waals surface area (Å²) in [5.41, 5.74) is 0.586. The third-order valence-electron chi connectivity index (χ3n) is 4.09. The van der Waals surface area contributed by atoms with Crippen LogP contribution in [0.25, 0.3) is 0 Å². The molecule has 0 spiro atoms. The van der Waals surface area contributed by atoms with Crippen LogP contribution in [0.4, 0.5) is 0 Å². The first-order valence-corrected chi connectivity index (χ1v) is 7.25. The Hall–Kier alpha value is -1.36. The molecule has 1 amide bonds. The van der Waals surface area contributed by atoms with E-state index in [2.05, 4.69) is 15.3 Å². The summed E-state index contributed by atoms with van der Waals surface area (Å²) in [5.74, 6) is 0.760. The quantitative estimate of drug-likeness (QED) is 0.881. The van der Waals surface area contributed by atoms with E-state index >= 15 is 0 Å². The molecule has 1 aromatic rings. The summed E-state index contributed by atoms with van der Waals surface area (Å²) in [6, 6.07) is 2.28. The van der Waals surface area contributed by atoms with Gasteiger partial charge in [-0.1, -0.05) is 0 Å². The van der Waals surface area contributed by atoms with E-state index in [4.69, 9.17) is 0 Å². The predicted molar refractivity (Wildman–Crippen MR) is 72.9 cm³/mol. The van der Waals surface area contributed by atoms with E-state index in [-0.39, 0.29) is 5.91 Å². The number of hydrogen-bond donors (Lipinski definition) is 1. The summed E-state index contributed by atoms with van der Waals surface area (Å²) >= 11 is 0. The minimum absolute atomic E-state index is 0.113. The Bertz CT molecular complexity index is 446. The number of nitrogens with zero attached hydrogens (tertiary/aromatic N) is 3. The van der Waals surface area contributed by atoms with Crippen molar-refractivity contribution in [2.45, 2.75) is 31.7 Å². The molecule has 0 radical (unpaired) electrons. The van der Waals surface area contributed by atoms with Gasteiger partial charge >= 0.3 is 0 Å². The average Bonchev–Trinajstić information content (AvgIpc) is 3.18. The number of aryl methyl sites for hydroxylation is 1. The summed E-state index contributed by atoms with van der Waals surface area (Å²) < 4.78 is 1.70. The van der Waals surface area contributed by atoms with Crippen LogP contribution in [0.3, 0.4) is 0 Å². The second-order valence-electron chi connectivity index (χ2n) is 5.76. The molecule has 0 aromatic carbocycles. The minimum Gasteiger partial charge on any atom is -0.334 e. The Balaban J connectivity index is 1.68. The molecule has 1 aliphatic carbocycles. The smallest absolute Gasteiger partial charge is 0.274 e. The van der Waals surface area contributed by atoms with Gasteiger partial charge in [0.1, 0.15) is 5.69 Å². The summed E-state index contributed by atoms with van der Waals surface area (Å²) in [5, 5.41) is 7.63. The van der Waals surface area contributed by atoms with Crippen molar-refractivity contribution < 1.29 is 4.79 Å². The Morgan fingerprint density at radius 3 is 2.74 bits per heavy atom. The summed E-state index contributed by atoms with van der Waals surface area (Å²) in [6.07, 6.45) is 6.51. The maximum absolute atomic E-state index is 12.5. The lowest BCUT2D eigenvalue weighted by Crippen LogP contribution is -2.40. The highest BCUT2D eigenvalue weighted by Crippen LogP contribution is 2.30. The van der Waals surface area contributed by atoms with E-state index < -0.39 is 0 Å². The van der Waals surface area contributed by atoms with Crippen LogP contribution in [0.2, 0.25) is 0 Å². The van der Waals surface area contributed by atoms with Gasteiger partial charge in [0.15, 0.2) is 0 Å². The molecule has 2 heterocycles. The minimum atomic E-state index is 0.113. The standard InChI is InChI=1S/C14H22N4O/c1-17-9-6-13(16-17)14(19)18(12-2-3-12)10-11-4-7-15-8-5-11/h6,9,11-12,15H,2-5,7-8,10H2,1H3. The van der Waals surface area contributed by atoms with Crippen molar-refractivity contribution in [2.24, 2.45) is 13.0 Å². The lowest BCUT2D eigenvalue weighted by Gasteiger charge is -2.29. The zero-order valence-electron chi connectivity index (χ0n) is 11.5. The summed E-state index contributed by atoms with van der Waals surface area (Å²) in [7, 11) is 1.85. The number of piperidine rings is 1. The topological polar surface area (TPSA) is 50.2 Å². The lowest BCUT2D eigenvalue weighted by molar-refractivity contribution is 0.0695. The molecule has 3 rings (SSSR count). The molecule has 5 nitrogen and oxygen atoms in total. The second kappa shape index (κ2) is 5.33. The van der Waals surface area contributed by atoms with Gasteiger partial charge in [-0.05, 0) is 50.8 Å². The highest BCUT2D eigenvalue weighted by atomic mass is 16.2. The van der Waals surface area contributed by atoms with Gasteiger partial charge in [0.05, 0.1) is 0 Å². The zero-order chi connectivity index (χ0) is 13.2. The Kier molecular flexibility index (Phi) is 3.55. The van der Waals surface area contributed by atoms with Crippen LogP contribution >= 0.6 is 0 Å². The molecule has 5 heteroatoms. The van der Waals surface area contributed by atoms with Gasteiger partial charge in [-0.2, -0.15) is 5.10 Å². The molecule has 1 N–H and O–H groups in total. The number of carbonyl (C=O) groups excluding carboxylic acids is 1. The second-order valence-corrected chi connectivity index (χ2v) is 5.76. The number of amides is 1. The molecule has 2 fully saturated rings. The van der Waals surface area contributed by atoms with Crippen molar-refractivity contribution in [2.75, 3.05) is 19.6 Å². The van der Waals surface area contributed by atoms with E-state index in [1.165, 1.54) is 12.8 Å². The van der Waals surface area contributed by atoms with Gasteiger partial charge < -0.3 is 10.2 Å². The fourth-order valence-corrected chi connectivity index (χ4v) is 2.80. The third-order valence-corrected chi connectivity index (χ3v) is 4.09. The summed E-state index contributed by atoms with van der Waals surface area (Å²) in [6.45, 7) is 3.07. The average molecular weight is 262 g/mol. The molecule has 1 aliphatic heterocycles. The Morgan fingerprint density at radius 2 is 2.16 bits per heavy atom. The van der Waals surface area contributed by atoms with Crippen molar-refractivity contribution in [3.8, 4) is 0 Å². The number of aromatic nitrogens is 2. The highest BCUT2D eigenvalue weighted by Gasteiger charge is 2.35. The van der Waals surface area contributed by atoms with Crippen molar-refractivity contribution in [1.82, 2.24) is 20.0 Å². The summed E-state index contributed by atoms with van der Waals surface area (Å²) in [4.78, 5) is 14.6. The van der Waals surface area contributed by atoms with Crippen LogP contribution in [-0.2, 0) is 7.05 Å². The van der Waals surface area contributed by atoms with Crippen LogP contribution < -0.4 is 5.32 Å². The van der Waals surface area contributed by atoms with Crippen molar-refractivity contribution in [3.63, 3.8) is 0 Å². The molecule has 19 heavy (non-hydrogen) atoms. The van der Waals surface area contributed by atoms with E-state index in [1.807, 2.05) is 19.3 Å². The van der Waals surface area contributed by atoms with Crippen LogP contribution in [-0.4, -0.2) is 46.3 Å². The largest absolute Gasteiger partial charge is 0.334 e. The van der Waals surface area contributed by atoms with Crippen LogP contribution in [0.1, 0.15) is 36.2 Å². The van der Waals surface area contributed by atoms with Gasteiger partial charge in [-0.15, -0.1) is 0 Å². The van der Waals surface area contributed by atoms with E-state index in [0.29, 0.717) is 17.7 Å². The molecule has 0 atom stereocenters.